The van der Waals surface area contributed by atoms with E-state index in [4.69, 9.17) is 23.3 Å². The van der Waals surface area contributed by atoms with E-state index in [1.165, 1.54) is 44.9 Å². The van der Waals surface area contributed by atoms with Crippen LogP contribution in [0.15, 0.2) is 97.2 Å². The summed E-state index contributed by atoms with van der Waals surface area (Å²) in [6.07, 6.45) is 62.2. The molecule has 3 unspecified atom stereocenters. The minimum absolute atomic E-state index is 0.124. The minimum Gasteiger partial charge on any atom is -0.462 e. The Balaban J connectivity index is 4.78. The quantitative estimate of drug-likeness (QED) is 0.0197. The summed E-state index contributed by atoms with van der Waals surface area (Å²) < 4.78 is 39.4. The van der Waals surface area contributed by atoms with Crippen LogP contribution in [0.2, 0.25) is 0 Å². The van der Waals surface area contributed by atoms with Crippen LogP contribution in [0.1, 0.15) is 226 Å². The summed E-state index contributed by atoms with van der Waals surface area (Å²) in [7, 11) is -4.76. The third-order valence-corrected chi connectivity index (χ3v) is 12.5. The van der Waals surface area contributed by atoms with Crippen molar-refractivity contribution in [2.75, 3.05) is 26.4 Å². The number of hydrogen-bond donors (Lipinski definition) is 2. The summed E-state index contributed by atoms with van der Waals surface area (Å²) in [5.74, 6) is -1.52. The lowest BCUT2D eigenvalue weighted by Crippen LogP contribution is -2.30. The fraction of sp³-hybridized carbons (Fsp3) is 0.683. The summed E-state index contributed by atoms with van der Waals surface area (Å²) >= 11 is 0. The molecule has 412 valence electrons. The zero-order chi connectivity index (χ0) is 52.7. The van der Waals surface area contributed by atoms with Crippen molar-refractivity contribution in [2.24, 2.45) is 0 Å². The molecule has 0 bridgehead atoms. The van der Waals surface area contributed by atoms with Crippen LogP contribution in [-0.2, 0) is 42.2 Å². The zero-order valence-electron chi connectivity index (χ0n) is 45.4. The van der Waals surface area contributed by atoms with Gasteiger partial charge in [-0.1, -0.05) is 208 Å². The second-order valence-electron chi connectivity index (χ2n) is 18.3. The van der Waals surface area contributed by atoms with Crippen molar-refractivity contribution in [1.29, 1.82) is 0 Å². The van der Waals surface area contributed by atoms with Gasteiger partial charge in [-0.15, -0.1) is 0 Å². The van der Waals surface area contributed by atoms with Gasteiger partial charge < -0.3 is 24.2 Å². The first-order chi connectivity index (χ1) is 35.2. The lowest BCUT2D eigenvalue weighted by molar-refractivity contribution is -0.161. The molecule has 11 nitrogen and oxygen atoms in total. The number of rotatable bonds is 51. The van der Waals surface area contributed by atoms with E-state index in [2.05, 4.69) is 118 Å². The fourth-order valence-electron chi connectivity index (χ4n) is 7.28. The van der Waals surface area contributed by atoms with Gasteiger partial charge in [-0.3, -0.25) is 23.4 Å². The van der Waals surface area contributed by atoms with Gasteiger partial charge in [0.25, 0.3) is 0 Å². The van der Waals surface area contributed by atoms with Gasteiger partial charge in [-0.05, 0) is 96.3 Å². The van der Waals surface area contributed by atoms with E-state index >= 15 is 0 Å². The predicted molar refractivity (Wildman–Crippen MR) is 297 cm³/mol. The molecule has 0 heterocycles. The molecule has 2 N–H and O–H groups in total. The number of phosphoric acid groups is 1. The average molecular weight is 1030 g/mol. The summed E-state index contributed by atoms with van der Waals surface area (Å²) in [6.45, 7) is 4.34. The molecule has 0 aliphatic rings. The van der Waals surface area contributed by atoms with Gasteiger partial charge >= 0.3 is 25.7 Å². The van der Waals surface area contributed by atoms with E-state index in [1.807, 2.05) is 0 Å². The normalized spacial score (nSPS) is 14.1. The second kappa shape index (κ2) is 53.7. The van der Waals surface area contributed by atoms with Gasteiger partial charge in [0.05, 0.1) is 19.8 Å². The molecule has 0 aliphatic carbocycles. The Morgan fingerprint density at radius 3 is 1.12 bits per heavy atom. The molecular formula is C60H101O11P. The van der Waals surface area contributed by atoms with Crippen LogP contribution < -0.4 is 0 Å². The van der Waals surface area contributed by atoms with E-state index in [0.717, 1.165) is 122 Å². The number of aliphatic hydroxyl groups is 1. The van der Waals surface area contributed by atoms with Gasteiger partial charge in [0.15, 0.2) is 6.10 Å². The van der Waals surface area contributed by atoms with Crippen LogP contribution >= 0.6 is 7.82 Å². The number of esters is 3. The van der Waals surface area contributed by atoms with Crippen molar-refractivity contribution in [3.63, 3.8) is 0 Å². The molecule has 3 atom stereocenters. The highest BCUT2D eigenvalue weighted by molar-refractivity contribution is 7.47. The lowest BCUT2D eigenvalue weighted by atomic mass is 10.1. The molecule has 0 rings (SSSR count). The SMILES string of the molecule is CC/C=C\C/C=C\C/C=C\C/C=C\C/C=C\CCCCCC(=O)OC(COC(=O)CCCCCCCCCCCCC)COP(=O)(O)OCC(CO)OC(=O)CCCCCCC/C=C\C/C=C\C/C=C\CC. The fourth-order valence-corrected chi connectivity index (χ4v) is 8.06. The first-order valence-corrected chi connectivity index (χ1v) is 29.6. The van der Waals surface area contributed by atoms with E-state index in [1.54, 1.807) is 0 Å². The average Bonchev–Trinajstić information content (AvgIpc) is 3.37. The highest BCUT2D eigenvalue weighted by Crippen LogP contribution is 2.43. The Morgan fingerprint density at radius 2 is 0.722 bits per heavy atom. The highest BCUT2D eigenvalue weighted by atomic mass is 31.2. The first kappa shape index (κ1) is 68.4. The molecule has 0 radical (unpaired) electrons. The molecule has 12 heteroatoms. The van der Waals surface area contributed by atoms with Crippen molar-refractivity contribution in [3.05, 3.63) is 97.2 Å². The Labute approximate surface area is 438 Å². The highest BCUT2D eigenvalue weighted by Gasteiger charge is 2.28. The molecule has 72 heavy (non-hydrogen) atoms. The molecule has 0 aromatic rings. The molecule has 0 saturated heterocycles. The molecule has 0 spiro atoms. The molecule has 0 aliphatic heterocycles. The van der Waals surface area contributed by atoms with Gasteiger partial charge in [0.2, 0.25) is 0 Å². The van der Waals surface area contributed by atoms with E-state index in [9.17, 15) is 28.9 Å². The largest absolute Gasteiger partial charge is 0.472 e. The number of carbonyl (C=O) groups excluding carboxylic acids is 3. The molecule has 0 aromatic heterocycles. The Morgan fingerprint density at radius 1 is 0.403 bits per heavy atom. The van der Waals surface area contributed by atoms with E-state index < -0.39 is 57.8 Å². The topological polar surface area (TPSA) is 155 Å². The smallest absolute Gasteiger partial charge is 0.462 e. The van der Waals surface area contributed by atoms with Crippen molar-refractivity contribution >= 4 is 25.7 Å². The third kappa shape index (κ3) is 51.3. The second-order valence-corrected chi connectivity index (χ2v) is 19.8. The summed E-state index contributed by atoms with van der Waals surface area (Å²) in [5, 5.41) is 9.80. The first-order valence-electron chi connectivity index (χ1n) is 28.1. The molecule has 0 aromatic carbocycles. The van der Waals surface area contributed by atoms with Crippen molar-refractivity contribution in [1.82, 2.24) is 0 Å². The number of hydrogen-bond acceptors (Lipinski definition) is 10. The minimum atomic E-state index is -4.76. The van der Waals surface area contributed by atoms with Crippen LogP contribution in [-0.4, -0.2) is 66.5 Å². The standard InChI is InChI=1S/C60H101O11P/c1-4-7-10-13-16-19-22-24-26-27-28-29-31-33-36-39-42-45-48-51-60(64)71-57(53-67-58(62)49-46-43-40-37-34-21-18-15-12-9-6-3)55-69-72(65,66)68-54-56(52-61)70-59(63)50-47-44-41-38-35-32-30-25-23-20-17-14-11-8-5-2/h7-8,10-11,16-17,19-20,24-26,28-30,33,36,56-57,61H,4-6,9,12-15,18,21-23,27,31-32,34-35,37-55H2,1-3H3,(H,65,66)/b10-7-,11-8-,19-16-,20-17-,26-24-,29-28-,30-25-,36-33-. The van der Waals surface area contributed by atoms with E-state index in [0.29, 0.717) is 19.3 Å². The number of aliphatic hydroxyl groups excluding tert-OH is 1. The van der Waals surface area contributed by atoms with Gasteiger partial charge in [-0.25, -0.2) is 4.57 Å². The monoisotopic (exact) mass is 1030 g/mol. The van der Waals surface area contributed by atoms with Gasteiger partial charge in [-0.2, -0.15) is 0 Å². The van der Waals surface area contributed by atoms with Crippen molar-refractivity contribution in [2.45, 2.75) is 238 Å². The number of carbonyl (C=O) groups is 3. The van der Waals surface area contributed by atoms with Crippen LogP contribution in [0, 0.1) is 0 Å². The van der Waals surface area contributed by atoms with Crippen LogP contribution in [0.3, 0.4) is 0 Å². The van der Waals surface area contributed by atoms with Gasteiger partial charge in [0, 0.05) is 19.3 Å². The molecule has 0 amide bonds. The maximum atomic E-state index is 12.9. The van der Waals surface area contributed by atoms with Crippen LogP contribution in [0.4, 0.5) is 0 Å². The van der Waals surface area contributed by atoms with Crippen molar-refractivity contribution in [3.8, 4) is 0 Å². The Hall–Kier alpha value is -3.60. The van der Waals surface area contributed by atoms with E-state index in [-0.39, 0.29) is 25.9 Å². The number of unbranched alkanes of at least 4 members (excludes halogenated alkanes) is 18. The molecular weight excluding hydrogens is 928 g/mol. The van der Waals surface area contributed by atoms with Crippen LogP contribution in [0.5, 0.6) is 0 Å². The maximum absolute atomic E-state index is 12.9. The number of phosphoric ester groups is 1. The van der Waals surface area contributed by atoms with Gasteiger partial charge in [0.1, 0.15) is 12.7 Å². The Kier molecular flexibility index (Phi) is 51.0. The summed E-state index contributed by atoms with van der Waals surface area (Å²) in [4.78, 5) is 48.4. The third-order valence-electron chi connectivity index (χ3n) is 11.5. The number of ether oxygens (including phenoxy) is 3. The number of allylic oxidation sites excluding steroid dienone is 16. The van der Waals surface area contributed by atoms with Crippen molar-refractivity contribution < 1.29 is 52.2 Å². The predicted octanol–water partition coefficient (Wildman–Crippen LogP) is 16.5. The molecule has 0 fully saturated rings. The summed E-state index contributed by atoms with van der Waals surface area (Å²) in [5.41, 5.74) is 0. The zero-order valence-corrected chi connectivity index (χ0v) is 46.3. The molecule has 0 saturated carbocycles. The van der Waals surface area contributed by atoms with Crippen LogP contribution in [0.25, 0.3) is 0 Å². The summed E-state index contributed by atoms with van der Waals surface area (Å²) in [6, 6.07) is 0. The lowest BCUT2D eigenvalue weighted by Gasteiger charge is -2.21. The maximum Gasteiger partial charge on any atom is 0.472 e. The Bertz CT molecular complexity index is 1580.